The van der Waals surface area contributed by atoms with Gasteiger partial charge in [-0.2, -0.15) is 0 Å². The van der Waals surface area contributed by atoms with Crippen molar-refractivity contribution >= 4 is 40.7 Å². The van der Waals surface area contributed by atoms with Gasteiger partial charge in [-0.1, -0.05) is 35.3 Å². The Kier molecular flexibility index (Phi) is 5.92. The third kappa shape index (κ3) is 4.20. The van der Waals surface area contributed by atoms with Crippen molar-refractivity contribution in [2.24, 2.45) is 5.92 Å². The minimum atomic E-state index is -0.387. The highest BCUT2D eigenvalue weighted by Crippen LogP contribution is 2.29. The Hall–Kier alpha value is -2.24. The van der Waals surface area contributed by atoms with Gasteiger partial charge in [0.1, 0.15) is 5.75 Å². The molecule has 1 saturated heterocycles. The molecule has 2 aromatic carbocycles. The number of carbonyl (C=O) groups excluding carboxylic acids is 2. The molecule has 7 heteroatoms. The number of nitrogens with zero attached hydrogens (tertiary/aromatic N) is 2. The number of amides is 2. The van der Waals surface area contributed by atoms with Crippen LogP contribution in [0.4, 0.5) is 5.69 Å². The molecule has 1 unspecified atom stereocenters. The summed E-state index contributed by atoms with van der Waals surface area (Å²) in [6.07, 6.45) is 0.193. The van der Waals surface area contributed by atoms with Gasteiger partial charge in [0.15, 0.2) is 0 Å². The summed E-state index contributed by atoms with van der Waals surface area (Å²) in [5.41, 5.74) is 1.54. The van der Waals surface area contributed by atoms with Gasteiger partial charge in [0, 0.05) is 32.2 Å². The number of hydrogen-bond acceptors (Lipinski definition) is 3. The van der Waals surface area contributed by atoms with Gasteiger partial charge < -0.3 is 14.5 Å². The molecule has 1 atom stereocenters. The maximum Gasteiger partial charge on any atom is 0.228 e. The Bertz CT molecular complexity index is 855. The zero-order chi connectivity index (χ0) is 19.6. The van der Waals surface area contributed by atoms with Gasteiger partial charge in [-0.15, -0.1) is 0 Å². The van der Waals surface area contributed by atoms with Crippen LogP contribution in [0.15, 0.2) is 42.5 Å². The van der Waals surface area contributed by atoms with Crippen molar-refractivity contribution in [1.82, 2.24) is 4.90 Å². The first-order chi connectivity index (χ1) is 12.9. The number of ether oxygens (including phenoxy) is 1. The van der Waals surface area contributed by atoms with Gasteiger partial charge in [-0.05, 0) is 35.9 Å². The Morgan fingerprint density at radius 2 is 1.93 bits per heavy atom. The zero-order valence-electron chi connectivity index (χ0n) is 15.1. The molecule has 0 radical (unpaired) electrons. The minimum absolute atomic E-state index is 0.0623. The Balaban J connectivity index is 1.68. The number of anilines is 1. The molecule has 1 aliphatic rings. The van der Waals surface area contributed by atoms with Crippen molar-refractivity contribution in [3.05, 3.63) is 58.1 Å². The van der Waals surface area contributed by atoms with Crippen LogP contribution in [-0.2, 0) is 16.1 Å². The van der Waals surface area contributed by atoms with E-state index in [-0.39, 0.29) is 24.2 Å². The van der Waals surface area contributed by atoms with Crippen LogP contribution in [0, 0.1) is 5.92 Å². The summed E-state index contributed by atoms with van der Waals surface area (Å²) in [4.78, 5) is 28.5. The highest BCUT2D eigenvalue weighted by Gasteiger charge is 2.36. The van der Waals surface area contributed by atoms with E-state index in [1.165, 1.54) is 0 Å². The lowest BCUT2D eigenvalue weighted by atomic mass is 10.1. The molecule has 0 aromatic heterocycles. The summed E-state index contributed by atoms with van der Waals surface area (Å²) in [6.45, 7) is 0.697. The third-order valence-corrected chi connectivity index (χ3v) is 5.53. The fourth-order valence-corrected chi connectivity index (χ4v) is 3.58. The molecule has 2 aromatic rings. The number of rotatable bonds is 5. The number of methoxy groups -OCH3 is 1. The highest BCUT2D eigenvalue weighted by molar-refractivity contribution is 6.42. The van der Waals surface area contributed by atoms with Crippen molar-refractivity contribution < 1.29 is 14.3 Å². The molecule has 3 rings (SSSR count). The smallest absolute Gasteiger partial charge is 0.228 e. The SMILES string of the molecule is COc1ccc(N2CC(C(=O)N(C)Cc3cccc(Cl)c3Cl)CC2=O)cc1. The van der Waals surface area contributed by atoms with Crippen LogP contribution in [0.25, 0.3) is 0 Å². The summed E-state index contributed by atoms with van der Waals surface area (Å²) in [5, 5.41) is 0.901. The molecule has 27 heavy (non-hydrogen) atoms. The summed E-state index contributed by atoms with van der Waals surface area (Å²) < 4.78 is 5.14. The lowest BCUT2D eigenvalue weighted by Crippen LogP contribution is -2.34. The molecule has 1 fully saturated rings. The van der Waals surface area contributed by atoms with Gasteiger partial charge in [0.2, 0.25) is 11.8 Å². The second-order valence-corrected chi connectivity index (χ2v) is 7.30. The molecule has 0 N–H and O–H groups in total. The molecule has 2 amide bonds. The predicted molar refractivity (Wildman–Crippen MR) is 106 cm³/mol. The van der Waals surface area contributed by atoms with Gasteiger partial charge >= 0.3 is 0 Å². The van der Waals surface area contributed by atoms with Gasteiger partial charge in [0.05, 0.1) is 23.1 Å². The second kappa shape index (κ2) is 8.19. The van der Waals surface area contributed by atoms with E-state index in [1.54, 1.807) is 48.2 Å². The predicted octanol–water partition coefficient (Wildman–Crippen LogP) is 4.01. The first kappa shape index (κ1) is 19.5. The third-order valence-electron chi connectivity index (χ3n) is 4.67. The summed E-state index contributed by atoms with van der Waals surface area (Å²) >= 11 is 12.2. The average Bonchev–Trinajstić information content (AvgIpc) is 3.06. The molecule has 0 spiro atoms. The van der Waals surface area contributed by atoms with Crippen LogP contribution in [-0.4, -0.2) is 37.4 Å². The second-order valence-electron chi connectivity index (χ2n) is 6.51. The van der Waals surface area contributed by atoms with Crippen LogP contribution in [0.5, 0.6) is 5.75 Å². The topological polar surface area (TPSA) is 49.9 Å². The molecule has 0 bridgehead atoms. The van der Waals surface area contributed by atoms with Crippen molar-refractivity contribution in [3.63, 3.8) is 0 Å². The molecule has 142 valence electrons. The number of hydrogen-bond donors (Lipinski definition) is 0. The van der Waals surface area contributed by atoms with Crippen LogP contribution in [0.2, 0.25) is 10.0 Å². The molecule has 1 aliphatic heterocycles. The van der Waals surface area contributed by atoms with E-state index in [1.807, 2.05) is 18.2 Å². The average molecular weight is 407 g/mol. The van der Waals surface area contributed by atoms with Crippen molar-refractivity contribution in [1.29, 1.82) is 0 Å². The Labute approximate surface area is 168 Å². The quantitative estimate of drug-likeness (QED) is 0.753. The van der Waals surface area contributed by atoms with Gasteiger partial charge in [0.25, 0.3) is 0 Å². The lowest BCUT2D eigenvalue weighted by Gasteiger charge is -2.22. The highest BCUT2D eigenvalue weighted by atomic mass is 35.5. The summed E-state index contributed by atoms with van der Waals surface area (Å²) in [6, 6.07) is 12.6. The van der Waals surface area contributed by atoms with E-state index in [0.717, 1.165) is 17.0 Å². The van der Waals surface area contributed by atoms with Crippen molar-refractivity contribution in [3.8, 4) is 5.75 Å². The fourth-order valence-electron chi connectivity index (χ4n) is 3.20. The van der Waals surface area contributed by atoms with E-state index in [4.69, 9.17) is 27.9 Å². The number of benzene rings is 2. The first-order valence-corrected chi connectivity index (χ1v) is 9.28. The molecule has 5 nitrogen and oxygen atoms in total. The summed E-state index contributed by atoms with van der Waals surface area (Å²) in [7, 11) is 3.30. The Morgan fingerprint density at radius 1 is 1.22 bits per heavy atom. The molecule has 1 heterocycles. The maximum absolute atomic E-state index is 12.8. The fraction of sp³-hybridized carbons (Fsp3) is 0.300. The van der Waals surface area contributed by atoms with Gasteiger partial charge in [-0.25, -0.2) is 0 Å². The Morgan fingerprint density at radius 3 is 2.59 bits per heavy atom. The van der Waals surface area contributed by atoms with E-state index >= 15 is 0 Å². The van der Waals surface area contributed by atoms with E-state index < -0.39 is 0 Å². The van der Waals surface area contributed by atoms with Crippen LogP contribution in [0.1, 0.15) is 12.0 Å². The van der Waals surface area contributed by atoms with Crippen LogP contribution in [0.3, 0.4) is 0 Å². The van der Waals surface area contributed by atoms with Crippen LogP contribution >= 0.6 is 23.2 Å². The van der Waals surface area contributed by atoms with E-state index in [2.05, 4.69) is 0 Å². The molecular formula is C20H20Cl2N2O3. The van der Waals surface area contributed by atoms with E-state index in [0.29, 0.717) is 23.1 Å². The van der Waals surface area contributed by atoms with Crippen molar-refractivity contribution in [2.75, 3.05) is 25.6 Å². The standard InChI is InChI=1S/C20H20Cl2N2O3/c1-23(11-13-4-3-5-17(21)19(13)22)20(26)14-10-18(25)24(12-14)15-6-8-16(27-2)9-7-15/h3-9,14H,10-12H2,1-2H3. The maximum atomic E-state index is 12.8. The molecular weight excluding hydrogens is 387 g/mol. The first-order valence-electron chi connectivity index (χ1n) is 8.53. The molecule has 0 saturated carbocycles. The normalized spacial score (nSPS) is 16.5. The van der Waals surface area contributed by atoms with Crippen molar-refractivity contribution in [2.45, 2.75) is 13.0 Å². The monoisotopic (exact) mass is 406 g/mol. The minimum Gasteiger partial charge on any atom is -0.497 e. The van der Waals surface area contributed by atoms with Gasteiger partial charge in [-0.3, -0.25) is 9.59 Å². The number of halogens is 2. The lowest BCUT2D eigenvalue weighted by molar-refractivity contribution is -0.135. The number of carbonyl (C=O) groups is 2. The van der Waals surface area contributed by atoms with E-state index in [9.17, 15) is 9.59 Å². The molecule has 0 aliphatic carbocycles. The summed E-state index contributed by atoms with van der Waals surface area (Å²) in [5.74, 6) is 0.182. The van der Waals surface area contributed by atoms with Crippen LogP contribution < -0.4 is 9.64 Å². The largest absolute Gasteiger partial charge is 0.497 e. The zero-order valence-corrected chi connectivity index (χ0v) is 16.6.